The van der Waals surface area contributed by atoms with Crippen LogP contribution in [0.3, 0.4) is 0 Å². The van der Waals surface area contributed by atoms with Gasteiger partial charge in [0.15, 0.2) is 0 Å². The monoisotopic (exact) mass is 469 g/mol. The third-order valence-electron chi connectivity index (χ3n) is 5.73. The molecule has 1 saturated heterocycles. The van der Waals surface area contributed by atoms with Crippen molar-refractivity contribution in [3.05, 3.63) is 100 Å². The van der Waals surface area contributed by atoms with E-state index in [1.54, 1.807) is 30.3 Å². The Balaban J connectivity index is 1.40. The number of nitrogens with zero attached hydrogens (tertiary/aromatic N) is 1. The summed E-state index contributed by atoms with van der Waals surface area (Å²) in [5.41, 5.74) is 2.58. The minimum Gasteiger partial charge on any atom is -0.478 e. The van der Waals surface area contributed by atoms with Crippen LogP contribution in [-0.2, 0) is 11.3 Å². The summed E-state index contributed by atoms with van der Waals surface area (Å²) < 4.78 is 5.88. The Hall–Kier alpha value is -4.10. The van der Waals surface area contributed by atoms with Crippen LogP contribution in [0.15, 0.2) is 82.1 Å². The summed E-state index contributed by atoms with van der Waals surface area (Å²) in [5.74, 6) is -0.495. The van der Waals surface area contributed by atoms with E-state index in [1.165, 1.54) is 11.0 Å². The molecule has 2 amide bonds. The maximum atomic E-state index is 13.0. The molecule has 3 aromatic carbocycles. The first-order chi connectivity index (χ1) is 16.4. The molecule has 1 aliphatic rings. The summed E-state index contributed by atoms with van der Waals surface area (Å²) in [6.45, 7) is 2.05. The van der Waals surface area contributed by atoms with E-state index in [1.807, 2.05) is 49.4 Å². The molecule has 0 atom stereocenters. The van der Waals surface area contributed by atoms with E-state index >= 15 is 0 Å². The highest BCUT2D eigenvalue weighted by molar-refractivity contribution is 8.18. The van der Waals surface area contributed by atoms with Gasteiger partial charge in [-0.15, -0.1) is 0 Å². The van der Waals surface area contributed by atoms with Crippen molar-refractivity contribution >= 4 is 45.7 Å². The van der Waals surface area contributed by atoms with E-state index < -0.39 is 5.97 Å². The van der Waals surface area contributed by atoms with Gasteiger partial charge in [0.25, 0.3) is 11.1 Å². The molecule has 0 aliphatic carbocycles. The van der Waals surface area contributed by atoms with Gasteiger partial charge in [-0.3, -0.25) is 14.5 Å². The highest BCUT2D eigenvalue weighted by Crippen LogP contribution is 2.35. The highest BCUT2D eigenvalue weighted by atomic mass is 32.2. The molecule has 7 heteroatoms. The Morgan fingerprint density at radius 3 is 2.65 bits per heavy atom. The van der Waals surface area contributed by atoms with Gasteiger partial charge < -0.3 is 9.52 Å². The van der Waals surface area contributed by atoms with Crippen molar-refractivity contribution in [2.75, 3.05) is 0 Å². The average molecular weight is 470 g/mol. The summed E-state index contributed by atoms with van der Waals surface area (Å²) in [5, 5.41) is 11.0. The first-order valence-electron chi connectivity index (χ1n) is 10.6. The van der Waals surface area contributed by atoms with E-state index in [0.717, 1.165) is 33.7 Å². The number of carbonyl (C=O) groups excluding carboxylic acids is 2. The molecule has 0 unspecified atom stereocenters. The van der Waals surface area contributed by atoms with E-state index in [4.69, 9.17) is 4.42 Å². The average Bonchev–Trinajstić information content (AvgIpc) is 3.39. The number of amides is 2. The summed E-state index contributed by atoms with van der Waals surface area (Å²) >= 11 is 0.877. The van der Waals surface area contributed by atoms with Crippen molar-refractivity contribution in [3.8, 4) is 11.3 Å². The quantitative estimate of drug-likeness (QED) is 0.343. The summed E-state index contributed by atoms with van der Waals surface area (Å²) in [6, 6.07) is 21.9. The van der Waals surface area contributed by atoms with Gasteiger partial charge in [0.2, 0.25) is 0 Å². The molecule has 34 heavy (non-hydrogen) atoms. The van der Waals surface area contributed by atoms with Crippen LogP contribution in [0.4, 0.5) is 4.79 Å². The van der Waals surface area contributed by atoms with Crippen molar-refractivity contribution < 1.29 is 23.9 Å². The second-order valence-corrected chi connectivity index (χ2v) is 8.94. The Morgan fingerprint density at radius 2 is 1.82 bits per heavy atom. The van der Waals surface area contributed by atoms with Gasteiger partial charge in [-0.2, -0.15) is 0 Å². The van der Waals surface area contributed by atoms with Gasteiger partial charge in [0.05, 0.1) is 17.0 Å². The van der Waals surface area contributed by atoms with Crippen LogP contribution >= 0.6 is 11.8 Å². The number of rotatable bonds is 5. The van der Waals surface area contributed by atoms with Crippen molar-refractivity contribution in [3.63, 3.8) is 0 Å². The minimum atomic E-state index is -1.02. The molecular weight excluding hydrogens is 450 g/mol. The molecule has 0 radical (unpaired) electrons. The van der Waals surface area contributed by atoms with Crippen LogP contribution in [0, 0.1) is 6.92 Å². The van der Waals surface area contributed by atoms with Crippen LogP contribution in [0.5, 0.6) is 0 Å². The number of aromatic carboxylic acids is 1. The van der Waals surface area contributed by atoms with Crippen LogP contribution in [-0.4, -0.2) is 27.1 Å². The first-order valence-corrected chi connectivity index (χ1v) is 11.4. The lowest BCUT2D eigenvalue weighted by Crippen LogP contribution is -2.27. The van der Waals surface area contributed by atoms with Gasteiger partial charge in [-0.1, -0.05) is 48.5 Å². The zero-order valence-corrected chi connectivity index (χ0v) is 19.0. The molecule has 4 aromatic rings. The fraction of sp³-hybridized carbons (Fsp3) is 0.0741. The van der Waals surface area contributed by atoms with Crippen LogP contribution in [0.25, 0.3) is 28.2 Å². The second-order valence-electron chi connectivity index (χ2n) is 7.94. The van der Waals surface area contributed by atoms with E-state index in [0.29, 0.717) is 17.1 Å². The lowest BCUT2D eigenvalue weighted by molar-refractivity contribution is -0.123. The fourth-order valence-electron chi connectivity index (χ4n) is 3.96. The number of thioether (sulfide) groups is 1. The lowest BCUT2D eigenvalue weighted by atomic mass is 10.0. The molecule has 1 aromatic heterocycles. The maximum absolute atomic E-state index is 13.0. The Morgan fingerprint density at radius 1 is 1.03 bits per heavy atom. The van der Waals surface area contributed by atoms with Gasteiger partial charge in [-0.05, 0) is 64.9 Å². The number of benzene rings is 3. The number of carboxylic acids is 1. The number of hydrogen-bond donors (Lipinski definition) is 1. The third-order valence-corrected chi connectivity index (χ3v) is 6.64. The van der Waals surface area contributed by atoms with E-state index in [-0.39, 0.29) is 28.2 Å². The summed E-state index contributed by atoms with van der Waals surface area (Å²) in [7, 11) is 0. The Labute approximate surface area is 199 Å². The minimum absolute atomic E-state index is 0.160. The predicted octanol–water partition coefficient (Wildman–Crippen LogP) is 6.34. The lowest BCUT2D eigenvalue weighted by Gasteiger charge is -2.14. The summed E-state index contributed by atoms with van der Waals surface area (Å²) in [6.07, 6.45) is 1.55. The zero-order valence-electron chi connectivity index (χ0n) is 18.1. The van der Waals surface area contributed by atoms with Gasteiger partial charge >= 0.3 is 5.97 Å². The largest absolute Gasteiger partial charge is 0.478 e. The van der Waals surface area contributed by atoms with Gasteiger partial charge in [0, 0.05) is 11.6 Å². The van der Waals surface area contributed by atoms with E-state index in [2.05, 4.69) is 0 Å². The van der Waals surface area contributed by atoms with Crippen molar-refractivity contribution in [1.82, 2.24) is 4.90 Å². The van der Waals surface area contributed by atoms with Crippen LogP contribution < -0.4 is 0 Å². The SMILES string of the molecule is Cc1ccc(C(=O)O)cc1-c1ccc(/C=C2/SC(=O)N(Cc3cccc4ccccc34)C2=O)o1. The molecule has 1 N–H and O–H groups in total. The van der Waals surface area contributed by atoms with Gasteiger partial charge in [-0.25, -0.2) is 4.79 Å². The van der Waals surface area contributed by atoms with Crippen molar-refractivity contribution in [2.45, 2.75) is 13.5 Å². The summed E-state index contributed by atoms with van der Waals surface area (Å²) in [4.78, 5) is 38.5. The molecule has 168 valence electrons. The molecule has 1 fully saturated rings. The smallest absolute Gasteiger partial charge is 0.335 e. The fourth-order valence-corrected chi connectivity index (χ4v) is 4.78. The zero-order chi connectivity index (χ0) is 23.8. The van der Waals surface area contributed by atoms with Crippen LogP contribution in [0.1, 0.15) is 27.2 Å². The molecular formula is C27H19NO5S. The predicted molar refractivity (Wildman–Crippen MR) is 131 cm³/mol. The van der Waals surface area contributed by atoms with Crippen LogP contribution in [0.2, 0.25) is 0 Å². The molecule has 0 bridgehead atoms. The number of aryl methyl sites for hydroxylation is 1. The van der Waals surface area contributed by atoms with Gasteiger partial charge in [0.1, 0.15) is 11.5 Å². The topological polar surface area (TPSA) is 87.8 Å². The Kier molecular flexibility index (Phi) is 5.55. The van der Waals surface area contributed by atoms with Crippen molar-refractivity contribution in [2.24, 2.45) is 0 Å². The number of fused-ring (bicyclic) bond motifs is 1. The Bertz CT molecular complexity index is 1490. The highest BCUT2D eigenvalue weighted by Gasteiger charge is 2.35. The number of imide groups is 1. The third kappa shape index (κ3) is 4.02. The maximum Gasteiger partial charge on any atom is 0.335 e. The molecule has 0 saturated carbocycles. The number of carboxylic acid groups (broad SMARTS) is 1. The standard InChI is InChI=1S/C27H19NO5S/c1-16-9-10-18(26(30)31)13-22(16)23-12-11-20(33-23)14-24-25(29)28(27(32)34-24)15-19-7-4-6-17-5-2-3-8-21(17)19/h2-14H,15H2,1H3,(H,30,31)/b24-14+. The van der Waals surface area contributed by atoms with E-state index in [9.17, 15) is 19.5 Å². The number of hydrogen-bond acceptors (Lipinski definition) is 5. The second kappa shape index (κ2) is 8.68. The number of carbonyl (C=O) groups is 3. The molecule has 1 aliphatic heterocycles. The molecule has 0 spiro atoms. The van der Waals surface area contributed by atoms with Crippen molar-refractivity contribution in [1.29, 1.82) is 0 Å². The normalized spacial score (nSPS) is 15.0. The number of furan rings is 1. The molecule has 6 nitrogen and oxygen atoms in total. The molecule has 5 rings (SSSR count). The first kappa shape index (κ1) is 21.7. The molecule has 2 heterocycles.